The number of carbonyl (C=O) groups excluding carboxylic acids is 1. The first-order valence-corrected chi connectivity index (χ1v) is 8.60. The number of esters is 1. The third kappa shape index (κ3) is 4.29. The van der Waals surface area contributed by atoms with Crippen molar-refractivity contribution >= 4 is 11.9 Å². The van der Waals surface area contributed by atoms with Crippen LogP contribution in [-0.4, -0.2) is 31.8 Å². The third-order valence-corrected chi connectivity index (χ3v) is 4.31. The molecule has 11 heteroatoms. The summed E-state index contributed by atoms with van der Waals surface area (Å²) in [6.45, 7) is 0. The second-order valence-electron chi connectivity index (χ2n) is 6.30. The summed E-state index contributed by atoms with van der Waals surface area (Å²) in [4.78, 5) is 23.5. The molecule has 0 aliphatic carbocycles. The molecule has 3 aromatic rings. The molecule has 3 N–H and O–H groups in total. The van der Waals surface area contributed by atoms with Crippen LogP contribution in [0.25, 0.3) is 5.69 Å². The Morgan fingerprint density at radius 3 is 2.03 bits per heavy atom. The molecular formula is C20H13F4NO6. The van der Waals surface area contributed by atoms with E-state index in [0.717, 1.165) is 10.6 Å². The standard InChI is InChI=1S/C20H13F4NO6/c21-12-8-13(22)18(24)19(17(12)23)31-16(28)6-2-9-1-3-10(7-11(9)20(29)30)25-14(26)4-5-15(25)27/h1,3-5,7-8,26-27H,2,6H2,(H,29,30). The summed E-state index contributed by atoms with van der Waals surface area (Å²) in [6, 6.07) is 6.12. The van der Waals surface area contributed by atoms with Crippen LogP contribution in [0.15, 0.2) is 36.4 Å². The van der Waals surface area contributed by atoms with Gasteiger partial charge in [-0.05, 0) is 24.1 Å². The number of hydrogen-bond donors (Lipinski definition) is 3. The fourth-order valence-corrected chi connectivity index (χ4v) is 2.84. The van der Waals surface area contributed by atoms with Gasteiger partial charge < -0.3 is 20.1 Å². The lowest BCUT2D eigenvalue weighted by Crippen LogP contribution is -2.14. The van der Waals surface area contributed by atoms with Gasteiger partial charge in [0.25, 0.3) is 0 Å². The Labute approximate surface area is 171 Å². The van der Waals surface area contributed by atoms with Gasteiger partial charge in [-0.1, -0.05) is 6.07 Å². The monoisotopic (exact) mass is 439 g/mol. The van der Waals surface area contributed by atoms with Crippen molar-refractivity contribution in [1.82, 2.24) is 4.57 Å². The summed E-state index contributed by atoms with van der Waals surface area (Å²) in [5.41, 5.74) is -0.0548. The highest BCUT2D eigenvalue weighted by atomic mass is 19.2. The van der Waals surface area contributed by atoms with Gasteiger partial charge >= 0.3 is 11.9 Å². The number of aromatic carboxylic acids is 1. The van der Waals surface area contributed by atoms with Crippen LogP contribution < -0.4 is 4.74 Å². The molecule has 0 amide bonds. The van der Waals surface area contributed by atoms with E-state index >= 15 is 0 Å². The molecule has 0 unspecified atom stereocenters. The Kier molecular flexibility index (Phi) is 5.86. The molecule has 1 aromatic heterocycles. The van der Waals surface area contributed by atoms with E-state index < -0.39 is 47.4 Å². The highest BCUT2D eigenvalue weighted by Crippen LogP contribution is 2.29. The number of carboxylic acids is 1. The van der Waals surface area contributed by atoms with Crippen molar-refractivity contribution in [3.8, 4) is 23.2 Å². The summed E-state index contributed by atoms with van der Waals surface area (Å²) < 4.78 is 59.0. The van der Waals surface area contributed by atoms with E-state index in [9.17, 15) is 42.5 Å². The Balaban J connectivity index is 1.81. The van der Waals surface area contributed by atoms with E-state index in [1.807, 2.05) is 0 Å². The van der Waals surface area contributed by atoms with Gasteiger partial charge in [0.1, 0.15) is 0 Å². The van der Waals surface area contributed by atoms with Crippen LogP contribution >= 0.6 is 0 Å². The molecule has 1 heterocycles. The topological polar surface area (TPSA) is 109 Å². The number of rotatable bonds is 6. The fourth-order valence-electron chi connectivity index (χ4n) is 2.84. The van der Waals surface area contributed by atoms with E-state index in [1.54, 1.807) is 0 Å². The number of aryl methyl sites for hydroxylation is 1. The number of hydrogen-bond acceptors (Lipinski definition) is 5. The zero-order valence-corrected chi connectivity index (χ0v) is 15.4. The molecule has 0 spiro atoms. The number of carboxylic acid groups (broad SMARTS) is 1. The normalized spacial score (nSPS) is 10.8. The van der Waals surface area contributed by atoms with Gasteiger partial charge in [-0.25, -0.2) is 13.6 Å². The van der Waals surface area contributed by atoms with Crippen molar-refractivity contribution in [3.05, 3.63) is 70.8 Å². The SMILES string of the molecule is O=C(CCc1ccc(-n2c(O)ccc2O)cc1C(=O)O)Oc1c(F)c(F)cc(F)c1F. The van der Waals surface area contributed by atoms with Gasteiger partial charge in [0, 0.05) is 18.2 Å². The lowest BCUT2D eigenvalue weighted by Gasteiger charge is -2.12. The number of aromatic nitrogens is 1. The number of benzene rings is 2. The summed E-state index contributed by atoms with van der Waals surface area (Å²) in [7, 11) is 0. The van der Waals surface area contributed by atoms with Crippen molar-refractivity contribution in [1.29, 1.82) is 0 Å². The van der Waals surface area contributed by atoms with Crippen LogP contribution in [0, 0.1) is 23.3 Å². The van der Waals surface area contributed by atoms with Crippen molar-refractivity contribution in [2.75, 3.05) is 0 Å². The first-order chi connectivity index (χ1) is 14.6. The molecule has 0 saturated heterocycles. The molecule has 0 radical (unpaired) electrons. The summed E-state index contributed by atoms with van der Waals surface area (Å²) in [5.74, 6) is -12.1. The molecule has 2 aromatic carbocycles. The smallest absolute Gasteiger partial charge is 0.336 e. The first-order valence-electron chi connectivity index (χ1n) is 8.60. The van der Waals surface area contributed by atoms with Crippen molar-refractivity contribution < 1.29 is 47.2 Å². The van der Waals surface area contributed by atoms with Crippen molar-refractivity contribution in [2.24, 2.45) is 0 Å². The van der Waals surface area contributed by atoms with Crippen LogP contribution in [0.3, 0.4) is 0 Å². The molecule has 0 saturated carbocycles. The maximum atomic E-state index is 13.6. The molecule has 0 fully saturated rings. The van der Waals surface area contributed by atoms with Crippen molar-refractivity contribution in [2.45, 2.75) is 12.8 Å². The average molecular weight is 439 g/mol. The molecule has 0 atom stereocenters. The Hall–Kier alpha value is -4.02. The van der Waals surface area contributed by atoms with Crippen LogP contribution in [0.4, 0.5) is 17.6 Å². The first kappa shape index (κ1) is 21.7. The second kappa shape index (κ2) is 8.38. The van der Waals surface area contributed by atoms with Crippen LogP contribution in [0.2, 0.25) is 0 Å². The lowest BCUT2D eigenvalue weighted by molar-refractivity contribution is -0.134. The van der Waals surface area contributed by atoms with Gasteiger partial charge in [-0.15, -0.1) is 0 Å². The number of ether oxygens (including phenoxy) is 1. The van der Waals surface area contributed by atoms with Crippen molar-refractivity contribution in [3.63, 3.8) is 0 Å². The molecule has 3 rings (SSSR count). The molecule has 7 nitrogen and oxygen atoms in total. The largest absolute Gasteiger partial charge is 0.494 e. The highest BCUT2D eigenvalue weighted by Gasteiger charge is 2.23. The fraction of sp³-hybridized carbons (Fsp3) is 0.100. The Bertz CT molecular complexity index is 1150. The van der Waals surface area contributed by atoms with Crippen LogP contribution in [0.5, 0.6) is 17.5 Å². The summed E-state index contributed by atoms with van der Waals surface area (Å²) >= 11 is 0. The minimum Gasteiger partial charge on any atom is -0.494 e. The van der Waals surface area contributed by atoms with E-state index in [2.05, 4.69) is 4.74 Å². The van der Waals surface area contributed by atoms with E-state index in [-0.39, 0.29) is 41.1 Å². The van der Waals surface area contributed by atoms with E-state index in [0.29, 0.717) is 0 Å². The molecule has 0 bridgehead atoms. The number of nitrogens with zero attached hydrogens (tertiary/aromatic N) is 1. The molecular weight excluding hydrogens is 426 g/mol. The zero-order valence-electron chi connectivity index (χ0n) is 15.4. The number of carbonyl (C=O) groups is 2. The van der Waals surface area contributed by atoms with Gasteiger partial charge in [0.15, 0.2) is 23.4 Å². The summed E-state index contributed by atoms with van der Waals surface area (Å²) in [6.07, 6.45) is -0.831. The maximum absolute atomic E-state index is 13.6. The van der Waals surface area contributed by atoms with Gasteiger partial charge in [-0.3, -0.25) is 9.36 Å². The lowest BCUT2D eigenvalue weighted by atomic mass is 10.0. The number of halogens is 4. The van der Waals surface area contributed by atoms with Crippen LogP contribution in [-0.2, 0) is 11.2 Å². The molecule has 0 aliphatic heterocycles. The van der Waals surface area contributed by atoms with Gasteiger partial charge in [0.05, 0.1) is 17.7 Å². The minimum absolute atomic E-state index is 0.0387. The molecule has 0 aliphatic rings. The van der Waals surface area contributed by atoms with E-state index in [4.69, 9.17) is 0 Å². The predicted octanol–water partition coefficient (Wildman–Crippen LogP) is 3.68. The van der Waals surface area contributed by atoms with Crippen LogP contribution in [0.1, 0.15) is 22.3 Å². The average Bonchev–Trinajstić information content (AvgIpc) is 3.06. The predicted molar refractivity (Wildman–Crippen MR) is 96.3 cm³/mol. The second-order valence-corrected chi connectivity index (χ2v) is 6.30. The molecule has 162 valence electrons. The van der Waals surface area contributed by atoms with E-state index in [1.165, 1.54) is 24.3 Å². The number of aromatic hydroxyl groups is 2. The van der Waals surface area contributed by atoms with Gasteiger partial charge in [-0.2, -0.15) is 8.78 Å². The Morgan fingerprint density at radius 2 is 1.48 bits per heavy atom. The minimum atomic E-state index is -1.88. The zero-order chi connectivity index (χ0) is 22.9. The quantitative estimate of drug-likeness (QED) is 0.234. The summed E-state index contributed by atoms with van der Waals surface area (Å²) in [5, 5.41) is 29.0. The van der Waals surface area contributed by atoms with Gasteiger partial charge in [0.2, 0.25) is 17.4 Å². The molecule has 31 heavy (non-hydrogen) atoms. The highest BCUT2D eigenvalue weighted by molar-refractivity contribution is 5.90. The Morgan fingerprint density at radius 1 is 0.903 bits per heavy atom. The maximum Gasteiger partial charge on any atom is 0.336 e. The third-order valence-electron chi connectivity index (χ3n) is 4.31.